The van der Waals surface area contributed by atoms with E-state index >= 15 is 0 Å². The van der Waals surface area contributed by atoms with Crippen LogP contribution in [-0.4, -0.2) is 39.6 Å². The van der Waals surface area contributed by atoms with Crippen molar-refractivity contribution in [1.82, 2.24) is 14.5 Å². The number of ether oxygens (including phenoxy) is 1. The van der Waals surface area contributed by atoms with E-state index in [-0.39, 0.29) is 24.8 Å². The lowest BCUT2D eigenvalue weighted by Gasteiger charge is -2.21. The van der Waals surface area contributed by atoms with Crippen molar-refractivity contribution in [2.45, 2.75) is 17.8 Å². The molecule has 0 bridgehead atoms. The second-order valence-corrected chi connectivity index (χ2v) is 6.89. The Hall–Kier alpha value is -2.49. The smallest absolute Gasteiger partial charge is 0.307 e. The highest BCUT2D eigenvalue weighted by Gasteiger charge is 2.21. The van der Waals surface area contributed by atoms with Gasteiger partial charge in [-0.05, 0) is 37.3 Å². The highest BCUT2D eigenvalue weighted by molar-refractivity contribution is 14.1. The predicted molar refractivity (Wildman–Crippen MR) is 116 cm³/mol. The molecular formula is C20H21IN4O3. The normalized spacial score (nSPS) is 10.8. The van der Waals surface area contributed by atoms with Crippen LogP contribution in [0, 0.1) is 0 Å². The van der Waals surface area contributed by atoms with Crippen molar-refractivity contribution in [3.63, 3.8) is 0 Å². The first kappa shape index (κ1) is 20.2. The second kappa shape index (κ2) is 9.13. The molecule has 28 heavy (non-hydrogen) atoms. The van der Waals surface area contributed by atoms with Crippen LogP contribution in [0.2, 0.25) is 0 Å². The largest absolute Gasteiger partial charge is 0.466 e. The minimum absolute atomic E-state index is 0.0982. The average molecular weight is 492 g/mol. The zero-order valence-electron chi connectivity index (χ0n) is 15.8. The summed E-state index contributed by atoms with van der Waals surface area (Å²) >= 11 is 2.27. The van der Waals surface area contributed by atoms with E-state index in [0.717, 1.165) is 21.3 Å². The van der Waals surface area contributed by atoms with E-state index in [0.29, 0.717) is 18.0 Å². The number of pyridine rings is 1. The van der Waals surface area contributed by atoms with Crippen molar-refractivity contribution in [2.75, 3.05) is 18.1 Å². The van der Waals surface area contributed by atoms with Gasteiger partial charge in [0, 0.05) is 25.4 Å². The monoisotopic (exact) mass is 492 g/mol. The number of hydrogen-bond donors (Lipinski definition) is 0. The number of alkyl halides is 1. The third-order valence-corrected chi connectivity index (χ3v) is 5.04. The fourth-order valence-electron chi connectivity index (χ4n) is 2.93. The van der Waals surface area contributed by atoms with E-state index in [1.807, 2.05) is 23.7 Å². The second-order valence-electron chi connectivity index (χ2n) is 6.12. The lowest BCUT2D eigenvalue weighted by molar-refractivity contribution is -0.142. The van der Waals surface area contributed by atoms with Crippen LogP contribution >= 0.6 is 22.6 Å². The van der Waals surface area contributed by atoms with E-state index in [1.165, 1.54) is 4.90 Å². The van der Waals surface area contributed by atoms with Crippen LogP contribution < -0.4 is 4.90 Å². The van der Waals surface area contributed by atoms with Gasteiger partial charge in [-0.25, -0.2) is 9.97 Å². The standard InChI is InChI=1S/C20H21IN4O3/c1-3-28-19(26)9-11-25(17-6-4-5-10-22-17)20(27)14-7-8-16-15(12-14)23-18(13-21)24(16)2/h4-8,10,12H,3,9,11,13H2,1-2H3. The summed E-state index contributed by atoms with van der Waals surface area (Å²) in [5, 5.41) is 0. The highest BCUT2D eigenvalue weighted by atomic mass is 127. The number of rotatable bonds is 7. The van der Waals surface area contributed by atoms with Crippen LogP contribution in [0.1, 0.15) is 29.5 Å². The molecule has 0 N–H and O–H groups in total. The Morgan fingerprint density at radius 3 is 2.75 bits per heavy atom. The Balaban J connectivity index is 1.91. The molecule has 0 aliphatic carbocycles. The molecular weight excluding hydrogens is 471 g/mol. The SMILES string of the molecule is CCOC(=O)CCN(C(=O)c1ccc2c(c1)nc(CI)n2C)c1ccccn1. The molecule has 0 spiro atoms. The van der Waals surface area contributed by atoms with Crippen molar-refractivity contribution in [1.29, 1.82) is 0 Å². The van der Waals surface area contributed by atoms with Gasteiger partial charge in [0.2, 0.25) is 0 Å². The number of esters is 1. The molecule has 0 aliphatic heterocycles. The Morgan fingerprint density at radius 1 is 1.25 bits per heavy atom. The lowest BCUT2D eigenvalue weighted by Crippen LogP contribution is -2.34. The molecule has 2 aromatic heterocycles. The van der Waals surface area contributed by atoms with E-state index in [9.17, 15) is 9.59 Å². The summed E-state index contributed by atoms with van der Waals surface area (Å²) in [6, 6.07) is 10.8. The molecule has 3 aromatic rings. The summed E-state index contributed by atoms with van der Waals surface area (Å²) in [6.07, 6.45) is 1.72. The van der Waals surface area contributed by atoms with Crippen molar-refractivity contribution >= 4 is 51.3 Å². The minimum atomic E-state index is -0.344. The predicted octanol–water partition coefficient (Wildman–Crippen LogP) is 3.50. The topological polar surface area (TPSA) is 77.3 Å². The van der Waals surface area contributed by atoms with Gasteiger partial charge in [-0.2, -0.15) is 0 Å². The summed E-state index contributed by atoms with van der Waals surface area (Å²) in [4.78, 5) is 35.4. The number of anilines is 1. The molecule has 0 atom stereocenters. The van der Waals surface area contributed by atoms with Crippen molar-refractivity contribution < 1.29 is 14.3 Å². The van der Waals surface area contributed by atoms with Crippen LogP contribution in [0.4, 0.5) is 5.82 Å². The van der Waals surface area contributed by atoms with Crippen LogP contribution in [0.15, 0.2) is 42.6 Å². The summed E-state index contributed by atoms with van der Waals surface area (Å²) in [5.41, 5.74) is 2.24. The van der Waals surface area contributed by atoms with Crippen molar-refractivity contribution in [2.24, 2.45) is 7.05 Å². The average Bonchev–Trinajstić information content (AvgIpc) is 3.04. The molecule has 0 unspecified atom stereocenters. The fourth-order valence-corrected chi connectivity index (χ4v) is 3.61. The van der Waals surface area contributed by atoms with Gasteiger partial charge in [0.15, 0.2) is 0 Å². The van der Waals surface area contributed by atoms with Crippen molar-refractivity contribution in [3.05, 3.63) is 54.0 Å². The molecule has 1 amide bonds. The molecule has 0 fully saturated rings. The van der Waals surface area contributed by atoms with Gasteiger partial charge in [-0.15, -0.1) is 0 Å². The molecule has 1 aromatic carbocycles. The Labute approximate surface area is 176 Å². The fraction of sp³-hybridized carbons (Fsp3) is 0.300. The number of aromatic nitrogens is 3. The molecule has 8 heteroatoms. The van der Waals surface area contributed by atoms with Gasteiger partial charge >= 0.3 is 5.97 Å². The number of carbonyl (C=O) groups is 2. The first-order valence-electron chi connectivity index (χ1n) is 8.95. The van der Waals surface area contributed by atoms with Crippen LogP contribution in [0.3, 0.4) is 0 Å². The van der Waals surface area contributed by atoms with E-state index < -0.39 is 0 Å². The van der Waals surface area contributed by atoms with Gasteiger partial charge in [0.05, 0.1) is 28.5 Å². The Kier molecular flexibility index (Phi) is 6.61. The number of amides is 1. The number of imidazole rings is 1. The van der Waals surface area contributed by atoms with Crippen LogP contribution in [0.25, 0.3) is 11.0 Å². The van der Waals surface area contributed by atoms with Gasteiger partial charge < -0.3 is 9.30 Å². The minimum Gasteiger partial charge on any atom is -0.466 e. The van der Waals surface area contributed by atoms with Gasteiger partial charge in [-0.3, -0.25) is 14.5 Å². The number of halogens is 1. The molecule has 7 nitrogen and oxygen atoms in total. The summed E-state index contributed by atoms with van der Waals surface area (Å²) in [7, 11) is 1.96. The third kappa shape index (κ3) is 4.32. The molecule has 2 heterocycles. The van der Waals surface area contributed by atoms with Crippen LogP contribution in [0.5, 0.6) is 0 Å². The maximum Gasteiger partial charge on any atom is 0.307 e. The van der Waals surface area contributed by atoms with E-state index in [2.05, 4.69) is 32.6 Å². The summed E-state index contributed by atoms with van der Waals surface area (Å²) in [5.74, 6) is 0.865. The number of aryl methyl sites for hydroxylation is 1. The summed E-state index contributed by atoms with van der Waals surface area (Å²) in [6.45, 7) is 2.26. The number of benzene rings is 1. The highest BCUT2D eigenvalue weighted by Crippen LogP contribution is 2.21. The third-order valence-electron chi connectivity index (χ3n) is 4.36. The zero-order chi connectivity index (χ0) is 20.1. The first-order valence-corrected chi connectivity index (χ1v) is 10.5. The Morgan fingerprint density at radius 2 is 2.07 bits per heavy atom. The molecule has 0 saturated heterocycles. The number of nitrogens with zero attached hydrogens (tertiary/aromatic N) is 4. The molecule has 0 aliphatic rings. The van der Waals surface area contributed by atoms with Gasteiger partial charge in [-0.1, -0.05) is 28.7 Å². The Bertz CT molecular complexity index is 988. The molecule has 0 saturated carbocycles. The molecule has 146 valence electrons. The first-order chi connectivity index (χ1) is 13.5. The maximum absolute atomic E-state index is 13.2. The number of carbonyl (C=O) groups excluding carboxylic acids is 2. The van der Waals surface area contributed by atoms with Crippen molar-refractivity contribution in [3.8, 4) is 0 Å². The van der Waals surface area contributed by atoms with Gasteiger partial charge in [0.1, 0.15) is 11.6 Å². The van der Waals surface area contributed by atoms with E-state index in [4.69, 9.17) is 4.74 Å². The van der Waals surface area contributed by atoms with Crippen LogP contribution in [-0.2, 0) is 21.0 Å². The quantitative estimate of drug-likeness (QED) is 0.287. The molecule has 0 radical (unpaired) electrons. The van der Waals surface area contributed by atoms with Gasteiger partial charge in [0.25, 0.3) is 5.91 Å². The zero-order valence-corrected chi connectivity index (χ0v) is 17.9. The van der Waals surface area contributed by atoms with E-state index in [1.54, 1.807) is 37.4 Å². The summed E-state index contributed by atoms with van der Waals surface area (Å²) < 4.78 is 7.79. The lowest BCUT2D eigenvalue weighted by atomic mass is 10.1. The maximum atomic E-state index is 13.2. The number of fused-ring (bicyclic) bond motifs is 1. The number of hydrogen-bond acceptors (Lipinski definition) is 5. The molecule has 3 rings (SSSR count).